The third-order valence-corrected chi connectivity index (χ3v) is 3.31. The van der Waals surface area contributed by atoms with Gasteiger partial charge in [-0.1, -0.05) is 12.1 Å². The highest BCUT2D eigenvalue weighted by molar-refractivity contribution is 6.58. The van der Waals surface area contributed by atoms with Gasteiger partial charge in [0.25, 0.3) is 0 Å². The Balaban J connectivity index is 2.09. The van der Waals surface area contributed by atoms with Crippen LogP contribution in [0.5, 0.6) is 5.75 Å². The van der Waals surface area contributed by atoms with Gasteiger partial charge in [0.1, 0.15) is 5.75 Å². The van der Waals surface area contributed by atoms with E-state index in [2.05, 4.69) is 11.9 Å². The monoisotopic (exact) mass is 249 g/mol. The Kier molecular flexibility index (Phi) is 4.27. The molecule has 18 heavy (non-hydrogen) atoms. The van der Waals surface area contributed by atoms with Gasteiger partial charge in [0.05, 0.1) is 7.11 Å². The summed E-state index contributed by atoms with van der Waals surface area (Å²) in [5, 5.41) is 18.4. The highest BCUT2D eigenvalue weighted by atomic mass is 16.5. The van der Waals surface area contributed by atoms with Crippen molar-refractivity contribution < 1.29 is 14.8 Å². The van der Waals surface area contributed by atoms with Crippen LogP contribution in [-0.2, 0) is 6.54 Å². The van der Waals surface area contributed by atoms with Crippen LogP contribution < -0.4 is 10.2 Å². The Hall–Kier alpha value is -1.04. The molecule has 1 aliphatic carbocycles. The quantitative estimate of drug-likeness (QED) is 0.708. The summed E-state index contributed by atoms with van der Waals surface area (Å²) in [6, 6.07) is 5.26. The lowest BCUT2D eigenvalue weighted by Gasteiger charge is -2.18. The summed E-state index contributed by atoms with van der Waals surface area (Å²) in [4.78, 5) is 2.25. The number of hydrogen-bond acceptors (Lipinski definition) is 4. The highest BCUT2D eigenvalue weighted by Crippen LogP contribution is 2.30. The number of ether oxygens (including phenoxy) is 1. The molecule has 1 saturated carbocycles. The minimum absolute atomic E-state index is 0.505. The van der Waals surface area contributed by atoms with Gasteiger partial charge in [-0.05, 0) is 37.3 Å². The first-order valence-corrected chi connectivity index (χ1v) is 6.31. The van der Waals surface area contributed by atoms with Gasteiger partial charge in [0.2, 0.25) is 0 Å². The lowest BCUT2D eigenvalue weighted by Crippen LogP contribution is -2.31. The van der Waals surface area contributed by atoms with Crippen molar-refractivity contribution in [1.82, 2.24) is 4.90 Å². The van der Waals surface area contributed by atoms with Crippen molar-refractivity contribution in [3.05, 3.63) is 23.8 Å². The summed E-state index contributed by atoms with van der Waals surface area (Å²) in [5.41, 5.74) is 1.50. The molecule has 1 aromatic carbocycles. The molecular formula is C13H20BNO3. The molecule has 1 fully saturated rings. The fourth-order valence-electron chi connectivity index (χ4n) is 2.18. The maximum Gasteiger partial charge on any atom is 0.488 e. The average Bonchev–Trinajstić information content (AvgIpc) is 3.12. The zero-order valence-electron chi connectivity index (χ0n) is 11.0. The molecule has 0 atom stereocenters. The largest absolute Gasteiger partial charge is 0.496 e. The first kappa shape index (κ1) is 13.4. The second kappa shape index (κ2) is 5.74. The molecule has 0 aromatic heterocycles. The van der Waals surface area contributed by atoms with Crippen molar-refractivity contribution in [3.63, 3.8) is 0 Å². The van der Waals surface area contributed by atoms with Gasteiger partial charge in [-0.3, -0.25) is 0 Å². The standard InChI is InChI=1S/C13H20BNO3/c1-15(8-10-3-4-10)9-11-7-12(14(16)17)5-6-13(11)18-2/h5-7,10,16-17H,3-4,8-9H2,1-2H3. The summed E-state index contributed by atoms with van der Waals surface area (Å²) in [7, 11) is 2.29. The van der Waals surface area contributed by atoms with E-state index in [1.54, 1.807) is 25.3 Å². The first-order chi connectivity index (χ1) is 8.60. The summed E-state index contributed by atoms with van der Waals surface area (Å²) >= 11 is 0. The summed E-state index contributed by atoms with van der Waals surface area (Å²) in [6.07, 6.45) is 2.66. The average molecular weight is 249 g/mol. The molecule has 1 aliphatic rings. The third kappa shape index (κ3) is 3.48. The molecule has 2 N–H and O–H groups in total. The van der Waals surface area contributed by atoms with Gasteiger partial charge in [-0.25, -0.2) is 0 Å². The second-order valence-corrected chi connectivity index (χ2v) is 5.09. The minimum atomic E-state index is -1.43. The van der Waals surface area contributed by atoms with Crippen molar-refractivity contribution >= 4 is 12.6 Å². The van der Waals surface area contributed by atoms with E-state index in [4.69, 9.17) is 4.74 Å². The van der Waals surface area contributed by atoms with Crippen molar-refractivity contribution in [3.8, 4) is 5.75 Å². The molecular weight excluding hydrogens is 229 g/mol. The van der Waals surface area contributed by atoms with E-state index in [0.717, 1.165) is 30.3 Å². The number of hydrogen-bond donors (Lipinski definition) is 2. The van der Waals surface area contributed by atoms with Gasteiger partial charge >= 0.3 is 7.12 Å². The Bertz CT molecular complexity index is 407. The number of rotatable bonds is 6. The molecule has 0 saturated heterocycles. The molecule has 0 radical (unpaired) electrons. The zero-order chi connectivity index (χ0) is 13.1. The maximum absolute atomic E-state index is 9.20. The van der Waals surface area contributed by atoms with Crippen LogP contribution in [0.1, 0.15) is 18.4 Å². The van der Waals surface area contributed by atoms with Gasteiger partial charge < -0.3 is 19.7 Å². The van der Waals surface area contributed by atoms with Gasteiger partial charge in [0, 0.05) is 18.7 Å². The zero-order valence-corrected chi connectivity index (χ0v) is 11.0. The van der Waals surface area contributed by atoms with Crippen LogP contribution in [0, 0.1) is 5.92 Å². The van der Waals surface area contributed by atoms with Crippen LogP contribution in [0.25, 0.3) is 0 Å². The van der Waals surface area contributed by atoms with Crippen LogP contribution in [0.2, 0.25) is 0 Å². The molecule has 98 valence electrons. The molecule has 2 rings (SSSR count). The molecule has 0 bridgehead atoms. The lowest BCUT2D eigenvalue weighted by molar-refractivity contribution is 0.305. The van der Waals surface area contributed by atoms with Crippen molar-refractivity contribution in [1.29, 1.82) is 0 Å². The van der Waals surface area contributed by atoms with Crippen LogP contribution >= 0.6 is 0 Å². The van der Waals surface area contributed by atoms with E-state index in [1.165, 1.54) is 12.8 Å². The smallest absolute Gasteiger partial charge is 0.488 e. The van der Waals surface area contributed by atoms with Crippen molar-refractivity contribution in [2.45, 2.75) is 19.4 Å². The van der Waals surface area contributed by atoms with Crippen LogP contribution in [0.15, 0.2) is 18.2 Å². The molecule has 5 heteroatoms. The van der Waals surface area contributed by atoms with E-state index in [9.17, 15) is 10.0 Å². The molecule has 0 heterocycles. The van der Waals surface area contributed by atoms with Gasteiger partial charge in [-0.2, -0.15) is 0 Å². The molecule has 4 nitrogen and oxygen atoms in total. The van der Waals surface area contributed by atoms with Crippen LogP contribution in [-0.4, -0.2) is 42.8 Å². The van der Waals surface area contributed by atoms with Gasteiger partial charge in [0.15, 0.2) is 0 Å². The second-order valence-electron chi connectivity index (χ2n) is 5.09. The number of nitrogens with zero attached hydrogens (tertiary/aromatic N) is 1. The molecule has 0 spiro atoms. The minimum Gasteiger partial charge on any atom is -0.496 e. The fraction of sp³-hybridized carbons (Fsp3) is 0.538. The summed E-state index contributed by atoms with van der Waals surface area (Å²) < 4.78 is 5.31. The maximum atomic E-state index is 9.20. The normalized spacial score (nSPS) is 14.9. The number of benzene rings is 1. The first-order valence-electron chi connectivity index (χ1n) is 6.31. The Morgan fingerprint density at radius 1 is 1.39 bits per heavy atom. The van der Waals surface area contributed by atoms with E-state index >= 15 is 0 Å². The summed E-state index contributed by atoms with van der Waals surface area (Å²) in [5.74, 6) is 1.63. The lowest BCUT2D eigenvalue weighted by atomic mass is 9.79. The third-order valence-electron chi connectivity index (χ3n) is 3.31. The number of methoxy groups -OCH3 is 1. The molecule has 1 aromatic rings. The topological polar surface area (TPSA) is 52.9 Å². The SMILES string of the molecule is COc1ccc(B(O)O)cc1CN(C)CC1CC1. The van der Waals surface area contributed by atoms with Crippen LogP contribution in [0.3, 0.4) is 0 Å². The van der Waals surface area contributed by atoms with Gasteiger partial charge in [-0.15, -0.1) is 0 Å². The predicted molar refractivity (Wildman–Crippen MR) is 71.9 cm³/mol. The Morgan fingerprint density at radius 2 is 2.11 bits per heavy atom. The van der Waals surface area contributed by atoms with E-state index < -0.39 is 7.12 Å². The highest BCUT2D eigenvalue weighted by Gasteiger charge is 2.23. The predicted octanol–water partition coefficient (Wildman–Crippen LogP) is 0.217. The van der Waals surface area contributed by atoms with E-state index in [0.29, 0.717) is 5.46 Å². The molecule has 0 amide bonds. The van der Waals surface area contributed by atoms with E-state index in [-0.39, 0.29) is 0 Å². The Labute approximate surface area is 108 Å². The molecule has 0 aliphatic heterocycles. The Morgan fingerprint density at radius 3 is 2.67 bits per heavy atom. The van der Waals surface area contributed by atoms with E-state index in [1.807, 2.05) is 0 Å². The van der Waals surface area contributed by atoms with Crippen LogP contribution in [0.4, 0.5) is 0 Å². The fourth-order valence-corrected chi connectivity index (χ4v) is 2.18. The van der Waals surface area contributed by atoms with Crippen molar-refractivity contribution in [2.24, 2.45) is 5.92 Å². The molecule has 0 unspecified atom stereocenters. The summed E-state index contributed by atoms with van der Waals surface area (Å²) in [6.45, 7) is 1.86. The van der Waals surface area contributed by atoms with Crippen molar-refractivity contribution in [2.75, 3.05) is 20.7 Å².